The van der Waals surface area contributed by atoms with Crippen LogP contribution in [0.3, 0.4) is 0 Å². The maximum absolute atomic E-state index is 14.4. The molecule has 3 rings (SSSR count). The molecule has 0 bridgehead atoms. The quantitative estimate of drug-likeness (QED) is 0.439. The Hall–Kier alpha value is -3.48. The fourth-order valence-electron chi connectivity index (χ4n) is 4.01. The van der Waals surface area contributed by atoms with E-state index in [0.717, 1.165) is 4.90 Å². The molecule has 1 aliphatic heterocycles. The number of carbonyl (C=O) groups excluding carboxylic acids is 3. The van der Waals surface area contributed by atoms with Crippen LogP contribution in [-0.2, 0) is 24.5 Å². The molecule has 0 N–H and O–H groups in total. The third-order valence-electron chi connectivity index (χ3n) is 5.30. The summed E-state index contributed by atoms with van der Waals surface area (Å²) in [6.07, 6.45) is 2.63. The van der Waals surface area contributed by atoms with E-state index in [1.807, 2.05) is 6.07 Å². The first-order valence-corrected chi connectivity index (χ1v) is 10.9. The van der Waals surface area contributed by atoms with Crippen LogP contribution in [0, 0.1) is 5.82 Å². The summed E-state index contributed by atoms with van der Waals surface area (Å²) in [7, 11) is 0. The minimum Gasteiger partial charge on any atom is -0.463 e. The van der Waals surface area contributed by atoms with Gasteiger partial charge in [0.2, 0.25) is 0 Å². The van der Waals surface area contributed by atoms with Crippen LogP contribution < -0.4 is 4.90 Å². The number of hydrogen-bond acceptors (Lipinski definition) is 5. The summed E-state index contributed by atoms with van der Waals surface area (Å²) in [6, 6.07) is 12.9. The van der Waals surface area contributed by atoms with Crippen molar-refractivity contribution in [3.8, 4) is 0 Å². The van der Waals surface area contributed by atoms with E-state index in [0.29, 0.717) is 17.5 Å². The second-order valence-corrected chi connectivity index (χ2v) is 8.75. The summed E-state index contributed by atoms with van der Waals surface area (Å²) in [5.74, 6) is -1.52. The van der Waals surface area contributed by atoms with E-state index < -0.39 is 34.8 Å². The molecule has 1 atom stereocenters. The summed E-state index contributed by atoms with van der Waals surface area (Å²) in [5.41, 5.74) is -0.854. The number of benzene rings is 2. The Balaban J connectivity index is 2.10. The Morgan fingerprint density at radius 2 is 1.82 bits per heavy atom. The number of nitrogens with zero attached hydrogens (tertiary/aromatic N) is 1. The fourth-order valence-corrected chi connectivity index (χ4v) is 4.01. The van der Waals surface area contributed by atoms with Gasteiger partial charge in [-0.3, -0.25) is 4.79 Å². The first kappa shape index (κ1) is 24.2. The SMILES string of the molecule is CCOC(=O)/C=C/CC[C@]1(c2ccccc2)C(=O)N(C(=O)OC(C)(C)C)c2ccc(F)cc21. The van der Waals surface area contributed by atoms with Crippen molar-refractivity contribution in [3.63, 3.8) is 0 Å². The maximum Gasteiger partial charge on any atom is 0.421 e. The molecule has 2 aromatic carbocycles. The second kappa shape index (κ2) is 9.57. The Labute approximate surface area is 193 Å². The van der Waals surface area contributed by atoms with Crippen LogP contribution in [-0.4, -0.2) is 30.2 Å². The topological polar surface area (TPSA) is 72.9 Å². The summed E-state index contributed by atoms with van der Waals surface area (Å²) in [4.78, 5) is 39.6. The first-order chi connectivity index (χ1) is 15.6. The van der Waals surface area contributed by atoms with Gasteiger partial charge >= 0.3 is 12.1 Å². The van der Waals surface area contributed by atoms with Gasteiger partial charge in [-0.25, -0.2) is 18.9 Å². The van der Waals surface area contributed by atoms with E-state index in [1.165, 1.54) is 24.3 Å². The van der Waals surface area contributed by atoms with Crippen molar-refractivity contribution in [2.24, 2.45) is 0 Å². The number of amides is 2. The van der Waals surface area contributed by atoms with Gasteiger partial charge < -0.3 is 9.47 Å². The molecule has 0 aromatic heterocycles. The molecule has 2 aromatic rings. The molecule has 0 unspecified atom stereocenters. The molecule has 0 radical (unpaired) electrons. The molecule has 1 heterocycles. The predicted octanol–water partition coefficient (Wildman–Crippen LogP) is 5.29. The van der Waals surface area contributed by atoms with E-state index in [9.17, 15) is 18.8 Å². The van der Waals surface area contributed by atoms with Crippen molar-refractivity contribution in [1.82, 2.24) is 0 Å². The van der Waals surface area contributed by atoms with E-state index in [2.05, 4.69) is 0 Å². The third kappa shape index (κ3) is 4.97. The second-order valence-electron chi connectivity index (χ2n) is 8.75. The number of esters is 1. The third-order valence-corrected chi connectivity index (χ3v) is 5.30. The van der Waals surface area contributed by atoms with Crippen LogP contribution in [0.5, 0.6) is 0 Å². The lowest BCUT2D eigenvalue weighted by Crippen LogP contribution is -2.45. The molecule has 0 saturated carbocycles. The zero-order valence-electron chi connectivity index (χ0n) is 19.3. The Morgan fingerprint density at radius 3 is 2.45 bits per heavy atom. The molecule has 174 valence electrons. The molecule has 6 nitrogen and oxygen atoms in total. The molecule has 7 heteroatoms. The lowest BCUT2D eigenvalue weighted by molar-refractivity contribution is -0.137. The highest BCUT2D eigenvalue weighted by atomic mass is 19.1. The van der Waals surface area contributed by atoms with Crippen molar-refractivity contribution in [2.75, 3.05) is 11.5 Å². The highest BCUT2D eigenvalue weighted by Crippen LogP contribution is 2.49. The summed E-state index contributed by atoms with van der Waals surface area (Å²) in [6.45, 7) is 7.10. The Bertz CT molecular complexity index is 1070. The minimum atomic E-state index is -1.32. The van der Waals surface area contributed by atoms with Gasteiger partial charge in [0.1, 0.15) is 16.8 Å². The number of anilines is 1. The van der Waals surface area contributed by atoms with E-state index >= 15 is 0 Å². The summed E-state index contributed by atoms with van der Waals surface area (Å²) >= 11 is 0. The fraction of sp³-hybridized carbons (Fsp3) is 0.346. The molecule has 0 spiro atoms. The van der Waals surface area contributed by atoms with Gasteiger partial charge in [0.15, 0.2) is 0 Å². The van der Waals surface area contributed by atoms with Crippen molar-refractivity contribution < 1.29 is 28.2 Å². The molecular weight excluding hydrogens is 425 g/mol. The van der Waals surface area contributed by atoms with E-state index in [4.69, 9.17) is 9.47 Å². The monoisotopic (exact) mass is 453 g/mol. The van der Waals surface area contributed by atoms with Gasteiger partial charge in [-0.2, -0.15) is 0 Å². The molecule has 0 aliphatic carbocycles. The molecular formula is C26H28FNO5. The standard InChI is InChI=1S/C26H28FNO5/c1-5-32-22(29)13-9-10-16-26(18-11-7-6-8-12-18)20-17-19(27)14-15-21(20)28(23(26)30)24(31)33-25(2,3)4/h6-9,11-15,17H,5,10,16H2,1-4H3/b13-9+/t26-/m1/s1. The smallest absolute Gasteiger partial charge is 0.421 e. The van der Waals surface area contributed by atoms with Crippen LogP contribution in [0.2, 0.25) is 0 Å². The predicted molar refractivity (Wildman–Crippen MR) is 122 cm³/mol. The van der Waals surface area contributed by atoms with Crippen LogP contribution >= 0.6 is 0 Å². The van der Waals surface area contributed by atoms with Crippen LogP contribution in [0.4, 0.5) is 14.9 Å². The van der Waals surface area contributed by atoms with Crippen molar-refractivity contribution in [1.29, 1.82) is 0 Å². The van der Waals surface area contributed by atoms with Gasteiger partial charge in [0, 0.05) is 6.08 Å². The number of carbonyl (C=O) groups is 3. The Morgan fingerprint density at radius 1 is 1.12 bits per heavy atom. The van der Waals surface area contributed by atoms with Crippen LogP contribution in [0.25, 0.3) is 0 Å². The number of fused-ring (bicyclic) bond motifs is 1. The highest BCUT2D eigenvalue weighted by Gasteiger charge is 2.54. The average Bonchev–Trinajstić information content (AvgIpc) is 2.99. The van der Waals surface area contributed by atoms with Gasteiger partial charge in [-0.05, 0) is 69.9 Å². The van der Waals surface area contributed by atoms with Crippen LogP contribution in [0.15, 0.2) is 60.7 Å². The van der Waals surface area contributed by atoms with Gasteiger partial charge in [0.25, 0.3) is 5.91 Å². The van der Waals surface area contributed by atoms with Crippen molar-refractivity contribution in [3.05, 3.63) is 77.6 Å². The highest BCUT2D eigenvalue weighted by molar-refractivity contribution is 6.22. The zero-order chi connectivity index (χ0) is 24.2. The number of halogens is 1. The maximum atomic E-state index is 14.4. The van der Waals surface area contributed by atoms with Crippen LogP contribution in [0.1, 0.15) is 51.7 Å². The minimum absolute atomic E-state index is 0.210. The van der Waals surface area contributed by atoms with E-state index in [1.54, 1.807) is 58.0 Å². The number of allylic oxidation sites excluding steroid dienone is 1. The van der Waals surface area contributed by atoms with Gasteiger partial charge in [0.05, 0.1) is 12.3 Å². The number of imide groups is 1. The lowest BCUT2D eigenvalue weighted by Gasteiger charge is -2.29. The summed E-state index contributed by atoms with van der Waals surface area (Å²) < 4.78 is 24.8. The van der Waals surface area contributed by atoms with Gasteiger partial charge in [-0.15, -0.1) is 0 Å². The largest absolute Gasteiger partial charge is 0.463 e. The average molecular weight is 454 g/mol. The molecule has 1 aliphatic rings. The zero-order valence-corrected chi connectivity index (χ0v) is 19.3. The molecule has 33 heavy (non-hydrogen) atoms. The Kier molecular flexibility index (Phi) is 7.01. The van der Waals surface area contributed by atoms with Gasteiger partial charge in [-0.1, -0.05) is 36.4 Å². The van der Waals surface area contributed by atoms with Crippen molar-refractivity contribution in [2.45, 2.75) is 51.6 Å². The van der Waals surface area contributed by atoms with E-state index in [-0.39, 0.29) is 18.7 Å². The molecule has 0 saturated heterocycles. The first-order valence-electron chi connectivity index (χ1n) is 10.9. The molecule has 2 amide bonds. The summed E-state index contributed by atoms with van der Waals surface area (Å²) in [5, 5.41) is 0. The van der Waals surface area contributed by atoms with Crippen molar-refractivity contribution >= 4 is 23.7 Å². The number of hydrogen-bond donors (Lipinski definition) is 0. The number of rotatable bonds is 6. The number of ether oxygens (including phenoxy) is 2. The normalized spacial score (nSPS) is 17.8. The lowest BCUT2D eigenvalue weighted by atomic mass is 9.72. The molecule has 0 fully saturated rings.